The van der Waals surface area contributed by atoms with Gasteiger partial charge in [-0.2, -0.15) is 0 Å². The van der Waals surface area contributed by atoms with Crippen LogP contribution >= 0.6 is 15.9 Å². The highest BCUT2D eigenvalue weighted by Gasteiger charge is 2.35. The van der Waals surface area contributed by atoms with Gasteiger partial charge in [0, 0.05) is 24.3 Å². The fourth-order valence-electron chi connectivity index (χ4n) is 3.89. The molecule has 0 aromatic carbocycles. The third kappa shape index (κ3) is 4.21. The van der Waals surface area contributed by atoms with Crippen molar-refractivity contribution in [3.8, 4) is 0 Å². The molecule has 3 heteroatoms. The molecule has 0 heterocycles. The molecule has 110 valence electrons. The standard InChI is InChI=1S/C16H28BrNO/c1-12(17)9-10-18(2)16(19)15-8-7-13-5-3-4-6-14(13)11-15/h12-15H,3-11H2,1-2H3. The minimum Gasteiger partial charge on any atom is -0.345 e. The van der Waals surface area contributed by atoms with E-state index in [2.05, 4.69) is 22.9 Å². The predicted octanol–water partition coefficient (Wildman–Crippen LogP) is 4.22. The lowest BCUT2D eigenvalue weighted by molar-refractivity contribution is -0.136. The van der Waals surface area contributed by atoms with Crippen LogP contribution in [0.15, 0.2) is 0 Å². The van der Waals surface area contributed by atoms with E-state index in [0.717, 1.165) is 37.6 Å². The molecule has 0 radical (unpaired) electrons. The third-order valence-electron chi connectivity index (χ3n) is 5.13. The summed E-state index contributed by atoms with van der Waals surface area (Å²) in [7, 11) is 1.98. The van der Waals surface area contributed by atoms with Crippen LogP contribution in [0.3, 0.4) is 0 Å². The molecular weight excluding hydrogens is 302 g/mol. The van der Waals surface area contributed by atoms with Crippen LogP contribution < -0.4 is 0 Å². The number of rotatable bonds is 4. The number of halogens is 1. The van der Waals surface area contributed by atoms with Gasteiger partial charge >= 0.3 is 0 Å². The van der Waals surface area contributed by atoms with Gasteiger partial charge in [0.25, 0.3) is 0 Å². The monoisotopic (exact) mass is 329 g/mol. The number of amides is 1. The molecule has 0 aromatic rings. The average molecular weight is 330 g/mol. The lowest BCUT2D eigenvalue weighted by Gasteiger charge is -2.39. The molecule has 0 N–H and O–H groups in total. The number of carbonyl (C=O) groups excluding carboxylic acids is 1. The molecule has 2 aliphatic carbocycles. The smallest absolute Gasteiger partial charge is 0.225 e. The lowest BCUT2D eigenvalue weighted by Crippen LogP contribution is -2.39. The van der Waals surface area contributed by atoms with Gasteiger partial charge in [-0.3, -0.25) is 4.79 Å². The van der Waals surface area contributed by atoms with Crippen LogP contribution in [0.5, 0.6) is 0 Å². The van der Waals surface area contributed by atoms with Crippen LogP contribution in [0.4, 0.5) is 0 Å². The van der Waals surface area contributed by atoms with Gasteiger partial charge in [0.05, 0.1) is 0 Å². The molecule has 2 aliphatic rings. The Bertz CT molecular complexity index is 305. The van der Waals surface area contributed by atoms with Crippen molar-refractivity contribution in [1.82, 2.24) is 4.90 Å². The molecule has 0 aromatic heterocycles. The van der Waals surface area contributed by atoms with Crippen LogP contribution in [0.1, 0.15) is 58.3 Å². The largest absolute Gasteiger partial charge is 0.345 e. The van der Waals surface area contributed by atoms with E-state index >= 15 is 0 Å². The second kappa shape index (κ2) is 7.10. The summed E-state index contributed by atoms with van der Waals surface area (Å²) in [5.41, 5.74) is 0. The SMILES string of the molecule is CC(Br)CCN(C)C(=O)C1CCC2CCCCC2C1. The van der Waals surface area contributed by atoms with E-state index in [4.69, 9.17) is 0 Å². The van der Waals surface area contributed by atoms with E-state index in [1.165, 1.54) is 32.1 Å². The number of alkyl halides is 1. The van der Waals surface area contributed by atoms with E-state index in [1.54, 1.807) is 0 Å². The third-order valence-corrected chi connectivity index (χ3v) is 5.59. The summed E-state index contributed by atoms with van der Waals surface area (Å²) in [6, 6.07) is 0. The summed E-state index contributed by atoms with van der Waals surface area (Å²) < 4.78 is 0. The molecule has 0 bridgehead atoms. The van der Waals surface area contributed by atoms with E-state index in [-0.39, 0.29) is 0 Å². The van der Waals surface area contributed by atoms with Gasteiger partial charge < -0.3 is 4.90 Å². The number of nitrogens with zero attached hydrogens (tertiary/aromatic N) is 1. The summed E-state index contributed by atoms with van der Waals surface area (Å²) in [5.74, 6) is 2.50. The first-order valence-corrected chi connectivity index (χ1v) is 8.88. The molecule has 4 unspecified atom stereocenters. The van der Waals surface area contributed by atoms with Gasteiger partial charge in [0.1, 0.15) is 0 Å². The molecule has 19 heavy (non-hydrogen) atoms. The van der Waals surface area contributed by atoms with Crippen molar-refractivity contribution in [2.75, 3.05) is 13.6 Å². The van der Waals surface area contributed by atoms with Crippen molar-refractivity contribution in [2.45, 2.75) is 63.1 Å². The highest BCUT2D eigenvalue weighted by atomic mass is 79.9. The van der Waals surface area contributed by atoms with Crippen LogP contribution in [-0.2, 0) is 4.79 Å². The van der Waals surface area contributed by atoms with Gasteiger partial charge in [-0.25, -0.2) is 0 Å². The Morgan fingerprint density at radius 1 is 1.21 bits per heavy atom. The van der Waals surface area contributed by atoms with Gasteiger partial charge in [0.2, 0.25) is 5.91 Å². The molecule has 1 amide bonds. The van der Waals surface area contributed by atoms with Crippen LogP contribution in [-0.4, -0.2) is 29.2 Å². The van der Waals surface area contributed by atoms with E-state index in [0.29, 0.717) is 16.7 Å². The normalized spacial score (nSPS) is 32.5. The Hall–Kier alpha value is -0.0500. The predicted molar refractivity (Wildman–Crippen MR) is 83.4 cm³/mol. The number of hydrogen-bond acceptors (Lipinski definition) is 1. The lowest BCUT2D eigenvalue weighted by atomic mass is 9.67. The van der Waals surface area contributed by atoms with Crippen molar-refractivity contribution in [3.05, 3.63) is 0 Å². The fraction of sp³-hybridized carbons (Fsp3) is 0.938. The van der Waals surface area contributed by atoms with Gasteiger partial charge in [-0.05, 0) is 37.5 Å². The molecule has 2 nitrogen and oxygen atoms in total. The van der Waals surface area contributed by atoms with Crippen molar-refractivity contribution in [3.63, 3.8) is 0 Å². The average Bonchev–Trinajstić information content (AvgIpc) is 2.43. The first-order valence-electron chi connectivity index (χ1n) is 7.97. The Morgan fingerprint density at radius 2 is 1.89 bits per heavy atom. The maximum Gasteiger partial charge on any atom is 0.225 e. The summed E-state index contributed by atoms with van der Waals surface area (Å²) in [4.78, 5) is 15.0. The summed E-state index contributed by atoms with van der Waals surface area (Å²) in [5, 5.41) is 0. The second-order valence-electron chi connectivity index (χ2n) is 6.64. The first-order chi connectivity index (χ1) is 9.08. The van der Waals surface area contributed by atoms with Crippen molar-refractivity contribution in [2.24, 2.45) is 17.8 Å². The van der Waals surface area contributed by atoms with E-state index in [9.17, 15) is 4.79 Å². The Labute approximate surface area is 126 Å². The zero-order valence-corrected chi connectivity index (χ0v) is 14.0. The Morgan fingerprint density at radius 3 is 2.58 bits per heavy atom. The summed E-state index contributed by atoms with van der Waals surface area (Å²) >= 11 is 3.56. The van der Waals surface area contributed by atoms with Gasteiger partial charge in [0.15, 0.2) is 0 Å². The van der Waals surface area contributed by atoms with Gasteiger partial charge in [-0.15, -0.1) is 0 Å². The van der Waals surface area contributed by atoms with Crippen molar-refractivity contribution >= 4 is 21.8 Å². The Kier molecular flexibility index (Phi) is 5.73. The molecular formula is C16H28BrNO. The molecule has 2 saturated carbocycles. The van der Waals surface area contributed by atoms with E-state index < -0.39 is 0 Å². The van der Waals surface area contributed by atoms with Crippen molar-refractivity contribution < 1.29 is 4.79 Å². The zero-order chi connectivity index (χ0) is 13.8. The Balaban J connectivity index is 1.82. The quantitative estimate of drug-likeness (QED) is 0.707. The minimum absolute atomic E-state index is 0.315. The van der Waals surface area contributed by atoms with Crippen LogP contribution in [0, 0.1) is 17.8 Å². The fourth-order valence-corrected chi connectivity index (χ4v) is 4.10. The molecule has 0 aliphatic heterocycles. The summed E-state index contributed by atoms with van der Waals surface area (Å²) in [6.45, 7) is 3.03. The molecule has 2 fully saturated rings. The van der Waals surface area contributed by atoms with E-state index in [1.807, 2.05) is 11.9 Å². The molecule has 4 atom stereocenters. The maximum absolute atomic E-state index is 12.5. The molecule has 0 spiro atoms. The number of hydrogen-bond donors (Lipinski definition) is 0. The second-order valence-corrected chi connectivity index (χ2v) is 8.21. The molecule has 0 saturated heterocycles. The van der Waals surface area contributed by atoms with Gasteiger partial charge in [-0.1, -0.05) is 48.5 Å². The number of carbonyl (C=O) groups is 1. The summed E-state index contributed by atoms with van der Waals surface area (Å²) in [6.07, 6.45) is 10.2. The highest BCUT2D eigenvalue weighted by Crippen LogP contribution is 2.43. The molecule has 2 rings (SSSR count). The number of fused-ring (bicyclic) bond motifs is 1. The topological polar surface area (TPSA) is 20.3 Å². The minimum atomic E-state index is 0.315. The zero-order valence-electron chi connectivity index (χ0n) is 12.4. The first kappa shape index (κ1) is 15.3. The maximum atomic E-state index is 12.5. The van der Waals surface area contributed by atoms with Crippen molar-refractivity contribution in [1.29, 1.82) is 0 Å². The van der Waals surface area contributed by atoms with Crippen LogP contribution in [0.25, 0.3) is 0 Å². The highest BCUT2D eigenvalue weighted by molar-refractivity contribution is 9.09. The van der Waals surface area contributed by atoms with Crippen LogP contribution in [0.2, 0.25) is 0 Å².